The van der Waals surface area contributed by atoms with Gasteiger partial charge in [-0.15, -0.1) is 12.4 Å². The highest BCUT2D eigenvalue weighted by atomic mass is 35.5. The summed E-state index contributed by atoms with van der Waals surface area (Å²) in [6.07, 6.45) is 0.470. The van der Waals surface area contributed by atoms with Crippen LogP contribution in [0.5, 0.6) is 5.75 Å². The summed E-state index contributed by atoms with van der Waals surface area (Å²) in [6, 6.07) is 0.390. The highest BCUT2D eigenvalue weighted by Gasteiger charge is 2.26. The number of rotatable bonds is 0. The minimum absolute atomic E-state index is 0. The SMILES string of the molecule is Cl.N[C@@H]1CCOc2c1cc(F)c(F)c2F. The van der Waals surface area contributed by atoms with Crippen molar-refractivity contribution in [2.45, 2.75) is 12.5 Å². The van der Waals surface area contributed by atoms with Crippen LogP contribution in [0.4, 0.5) is 13.2 Å². The number of hydrogen-bond acceptors (Lipinski definition) is 2. The van der Waals surface area contributed by atoms with Crippen molar-refractivity contribution in [3.8, 4) is 5.75 Å². The van der Waals surface area contributed by atoms with E-state index in [1.165, 1.54) is 0 Å². The molecule has 0 spiro atoms. The molecular weight excluding hydrogens is 231 g/mol. The quantitative estimate of drug-likeness (QED) is 0.705. The Kier molecular flexibility index (Phi) is 3.46. The molecule has 0 unspecified atom stereocenters. The van der Waals surface area contributed by atoms with Crippen molar-refractivity contribution in [2.75, 3.05) is 6.61 Å². The maximum Gasteiger partial charge on any atom is 0.204 e. The summed E-state index contributed by atoms with van der Waals surface area (Å²) >= 11 is 0. The van der Waals surface area contributed by atoms with Gasteiger partial charge in [0.2, 0.25) is 5.82 Å². The normalized spacial score (nSPS) is 18.8. The molecule has 2 N–H and O–H groups in total. The van der Waals surface area contributed by atoms with Crippen LogP contribution in [0.2, 0.25) is 0 Å². The summed E-state index contributed by atoms with van der Waals surface area (Å²) in [5.74, 6) is -4.31. The molecule has 1 aliphatic heterocycles. The lowest BCUT2D eigenvalue weighted by molar-refractivity contribution is 0.247. The summed E-state index contributed by atoms with van der Waals surface area (Å²) in [4.78, 5) is 0. The lowest BCUT2D eigenvalue weighted by Crippen LogP contribution is -2.22. The minimum Gasteiger partial charge on any atom is -0.490 e. The minimum atomic E-state index is -1.52. The van der Waals surface area contributed by atoms with Crippen LogP contribution >= 0.6 is 12.4 Å². The van der Waals surface area contributed by atoms with Crippen LogP contribution in [-0.4, -0.2) is 6.61 Å². The molecule has 0 fully saturated rings. The number of halogens is 4. The van der Waals surface area contributed by atoms with Gasteiger partial charge in [0.05, 0.1) is 6.61 Å². The first-order valence-corrected chi connectivity index (χ1v) is 4.17. The lowest BCUT2D eigenvalue weighted by atomic mass is 10.0. The topological polar surface area (TPSA) is 35.2 Å². The summed E-state index contributed by atoms with van der Waals surface area (Å²) < 4.78 is 43.6. The molecule has 84 valence electrons. The van der Waals surface area contributed by atoms with Crippen molar-refractivity contribution >= 4 is 12.4 Å². The number of ether oxygens (including phenoxy) is 1. The molecule has 1 aliphatic rings. The van der Waals surface area contributed by atoms with Gasteiger partial charge >= 0.3 is 0 Å². The van der Waals surface area contributed by atoms with E-state index in [1.807, 2.05) is 0 Å². The van der Waals surface area contributed by atoms with Crippen LogP contribution in [0, 0.1) is 17.5 Å². The molecule has 2 rings (SSSR count). The van der Waals surface area contributed by atoms with Gasteiger partial charge in [0, 0.05) is 18.0 Å². The predicted molar refractivity (Wildman–Crippen MR) is 50.6 cm³/mol. The third-order valence-corrected chi connectivity index (χ3v) is 2.22. The van der Waals surface area contributed by atoms with Gasteiger partial charge < -0.3 is 10.5 Å². The van der Waals surface area contributed by atoms with Crippen LogP contribution in [0.25, 0.3) is 0 Å². The van der Waals surface area contributed by atoms with Gasteiger partial charge in [-0.3, -0.25) is 0 Å². The Hall–Kier alpha value is -0.940. The highest BCUT2D eigenvalue weighted by Crippen LogP contribution is 2.35. The first kappa shape index (κ1) is 12.1. The molecule has 0 bridgehead atoms. The third-order valence-electron chi connectivity index (χ3n) is 2.22. The van der Waals surface area contributed by atoms with Crippen molar-refractivity contribution in [3.05, 3.63) is 29.1 Å². The fourth-order valence-corrected chi connectivity index (χ4v) is 1.46. The molecule has 0 radical (unpaired) electrons. The van der Waals surface area contributed by atoms with E-state index in [2.05, 4.69) is 0 Å². The van der Waals surface area contributed by atoms with Crippen molar-refractivity contribution in [1.82, 2.24) is 0 Å². The molecule has 0 aromatic heterocycles. The van der Waals surface area contributed by atoms with E-state index in [0.717, 1.165) is 6.07 Å². The first-order chi connectivity index (χ1) is 6.61. The molecule has 0 saturated heterocycles. The highest BCUT2D eigenvalue weighted by molar-refractivity contribution is 5.85. The molecule has 1 aromatic carbocycles. The zero-order valence-electron chi connectivity index (χ0n) is 7.60. The molecule has 15 heavy (non-hydrogen) atoms. The van der Waals surface area contributed by atoms with Gasteiger partial charge in [-0.2, -0.15) is 4.39 Å². The van der Waals surface area contributed by atoms with Crippen molar-refractivity contribution in [1.29, 1.82) is 0 Å². The fourth-order valence-electron chi connectivity index (χ4n) is 1.46. The monoisotopic (exact) mass is 239 g/mol. The van der Waals surface area contributed by atoms with Gasteiger partial charge in [0.15, 0.2) is 17.4 Å². The van der Waals surface area contributed by atoms with Gasteiger partial charge in [-0.05, 0) is 6.07 Å². The molecule has 0 aliphatic carbocycles. The summed E-state index contributed by atoms with van der Waals surface area (Å²) in [5.41, 5.74) is 5.79. The van der Waals surface area contributed by atoms with Gasteiger partial charge in [0.25, 0.3) is 0 Å². The molecule has 2 nitrogen and oxygen atoms in total. The van der Waals surface area contributed by atoms with Crippen LogP contribution in [0.15, 0.2) is 6.07 Å². The fraction of sp³-hybridized carbons (Fsp3) is 0.333. The third kappa shape index (κ3) is 1.89. The molecule has 1 heterocycles. The zero-order valence-corrected chi connectivity index (χ0v) is 8.41. The Morgan fingerprint density at radius 2 is 1.93 bits per heavy atom. The maximum atomic E-state index is 13.1. The van der Waals surface area contributed by atoms with E-state index in [4.69, 9.17) is 10.5 Å². The molecule has 6 heteroatoms. The summed E-state index contributed by atoms with van der Waals surface area (Å²) in [6.45, 7) is 0.218. The van der Waals surface area contributed by atoms with Crippen molar-refractivity contribution in [3.63, 3.8) is 0 Å². The van der Waals surface area contributed by atoms with E-state index in [0.29, 0.717) is 6.42 Å². The van der Waals surface area contributed by atoms with Gasteiger partial charge in [-0.1, -0.05) is 0 Å². The van der Waals surface area contributed by atoms with Crippen LogP contribution in [0.1, 0.15) is 18.0 Å². The van der Waals surface area contributed by atoms with Crippen molar-refractivity contribution < 1.29 is 17.9 Å². The van der Waals surface area contributed by atoms with E-state index in [9.17, 15) is 13.2 Å². The standard InChI is InChI=1S/C9H8F3NO.ClH/c10-5-3-4-6(13)1-2-14-9(4)8(12)7(5)11;/h3,6H,1-2,13H2;1H/t6-;/m1./s1. The van der Waals surface area contributed by atoms with E-state index in [1.54, 1.807) is 0 Å². The predicted octanol–water partition coefficient (Wildman–Crippen LogP) is 2.31. The van der Waals surface area contributed by atoms with E-state index < -0.39 is 23.5 Å². The Balaban J connectivity index is 0.00000112. The zero-order chi connectivity index (χ0) is 10.3. The second kappa shape index (κ2) is 4.28. The number of nitrogens with two attached hydrogens (primary N) is 1. The van der Waals surface area contributed by atoms with Crippen LogP contribution in [0.3, 0.4) is 0 Å². The van der Waals surface area contributed by atoms with Gasteiger partial charge in [-0.25, -0.2) is 8.78 Å². The Morgan fingerprint density at radius 3 is 2.60 bits per heavy atom. The average molecular weight is 240 g/mol. The second-order valence-corrected chi connectivity index (χ2v) is 3.15. The van der Waals surface area contributed by atoms with E-state index >= 15 is 0 Å². The summed E-state index contributed by atoms with van der Waals surface area (Å²) in [5, 5.41) is 0. The number of fused-ring (bicyclic) bond motifs is 1. The Morgan fingerprint density at radius 1 is 1.27 bits per heavy atom. The number of hydrogen-bond donors (Lipinski definition) is 1. The molecule has 0 amide bonds. The maximum absolute atomic E-state index is 13.1. The van der Waals surface area contributed by atoms with Crippen LogP contribution in [-0.2, 0) is 0 Å². The Bertz CT molecular complexity index is 386. The smallest absolute Gasteiger partial charge is 0.204 e. The molecule has 1 atom stereocenters. The largest absolute Gasteiger partial charge is 0.490 e. The summed E-state index contributed by atoms with van der Waals surface area (Å²) in [7, 11) is 0. The molecule has 1 aromatic rings. The lowest BCUT2D eigenvalue weighted by Gasteiger charge is -2.23. The average Bonchev–Trinajstić information content (AvgIpc) is 2.17. The molecule has 0 saturated carbocycles. The second-order valence-electron chi connectivity index (χ2n) is 3.15. The molecular formula is C9H9ClF3NO. The number of benzene rings is 1. The van der Waals surface area contributed by atoms with Gasteiger partial charge in [0.1, 0.15) is 0 Å². The first-order valence-electron chi connectivity index (χ1n) is 4.17. The van der Waals surface area contributed by atoms with Crippen molar-refractivity contribution in [2.24, 2.45) is 5.73 Å². The Labute approximate surface area is 90.6 Å². The van der Waals surface area contributed by atoms with E-state index in [-0.39, 0.29) is 30.3 Å². The van der Waals surface area contributed by atoms with Crippen LogP contribution < -0.4 is 10.5 Å².